The Bertz CT molecular complexity index is 457. The predicted octanol–water partition coefficient (Wildman–Crippen LogP) is 3.11. The van der Waals surface area contributed by atoms with Gasteiger partial charge in [0.25, 0.3) is 6.43 Å². The van der Waals surface area contributed by atoms with Crippen molar-refractivity contribution >= 4 is 0 Å². The fourth-order valence-corrected chi connectivity index (χ4v) is 2.95. The summed E-state index contributed by atoms with van der Waals surface area (Å²) in [6, 6.07) is 2.82. The SMILES string of the molecule is COc1cc(C(F)F)c(O)c(C2(CN)CCCC2)c1. The van der Waals surface area contributed by atoms with E-state index in [9.17, 15) is 13.9 Å². The molecule has 0 unspecified atom stereocenters. The topological polar surface area (TPSA) is 55.5 Å². The third-order valence-corrected chi connectivity index (χ3v) is 4.11. The van der Waals surface area contributed by atoms with E-state index >= 15 is 0 Å². The zero-order valence-electron chi connectivity index (χ0n) is 11.0. The number of halogens is 2. The van der Waals surface area contributed by atoms with E-state index in [1.54, 1.807) is 6.07 Å². The molecule has 0 spiro atoms. The van der Waals surface area contributed by atoms with Gasteiger partial charge in [0.2, 0.25) is 0 Å². The average molecular weight is 271 g/mol. The first-order valence-electron chi connectivity index (χ1n) is 6.43. The molecule has 3 N–H and O–H groups in total. The normalized spacial score (nSPS) is 17.9. The molecule has 2 rings (SSSR count). The molecule has 0 aliphatic heterocycles. The van der Waals surface area contributed by atoms with E-state index in [-0.39, 0.29) is 11.3 Å². The van der Waals surface area contributed by atoms with Crippen LogP contribution >= 0.6 is 0 Å². The van der Waals surface area contributed by atoms with Crippen molar-refractivity contribution in [1.29, 1.82) is 0 Å². The van der Waals surface area contributed by atoms with Gasteiger partial charge in [-0.1, -0.05) is 12.8 Å². The molecule has 0 bridgehead atoms. The molecule has 1 aromatic carbocycles. The van der Waals surface area contributed by atoms with Crippen molar-refractivity contribution in [3.05, 3.63) is 23.3 Å². The summed E-state index contributed by atoms with van der Waals surface area (Å²) in [5, 5.41) is 10.1. The van der Waals surface area contributed by atoms with Crippen LogP contribution in [0.4, 0.5) is 8.78 Å². The molecule has 0 saturated heterocycles. The van der Waals surface area contributed by atoms with Gasteiger partial charge in [0, 0.05) is 17.5 Å². The molecule has 1 aliphatic rings. The fourth-order valence-electron chi connectivity index (χ4n) is 2.95. The van der Waals surface area contributed by atoms with Gasteiger partial charge in [0.05, 0.1) is 12.7 Å². The molecule has 0 atom stereocenters. The average Bonchev–Trinajstić information content (AvgIpc) is 2.88. The molecule has 0 radical (unpaired) electrons. The monoisotopic (exact) mass is 271 g/mol. The lowest BCUT2D eigenvalue weighted by molar-refractivity contribution is 0.146. The van der Waals surface area contributed by atoms with Crippen LogP contribution in [0.1, 0.15) is 43.2 Å². The number of aromatic hydroxyl groups is 1. The Kier molecular flexibility index (Phi) is 3.94. The van der Waals surface area contributed by atoms with Gasteiger partial charge >= 0.3 is 0 Å². The van der Waals surface area contributed by atoms with Crippen LogP contribution in [0.5, 0.6) is 11.5 Å². The predicted molar refractivity (Wildman–Crippen MR) is 68.8 cm³/mol. The lowest BCUT2D eigenvalue weighted by atomic mass is 9.77. The minimum atomic E-state index is -2.73. The number of methoxy groups -OCH3 is 1. The van der Waals surface area contributed by atoms with Gasteiger partial charge in [0.1, 0.15) is 11.5 Å². The Morgan fingerprint density at radius 1 is 1.37 bits per heavy atom. The summed E-state index contributed by atoms with van der Waals surface area (Å²) >= 11 is 0. The van der Waals surface area contributed by atoms with Crippen molar-refractivity contribution in [2.24, 2.45) is 5.73 Å². The summed E-state index contributed by atoms with van der Waals surface area (Å²) in [6.07, 6.45) is 0.889. The first-order chi connectivity index (χ1) is 9.04. The summed E-state index contributed by atoms with van der Waals surface area (Å²) in [7, 11) is 1.43. The molecule has 0 heterocycles. The first-order valence-corrected chi connectivity index (χ1v) is 6.43. The number of phenolic OH excluding ortho intramolecular Hbond substituents is 1. The summed E-state index contributed by atoms with van der Waals surface area (Å²) in [5.74, 6) is 0.00553. The number of hydrogen-bond acceptors (Lipinski definition) is 3. The molecule has 1 saturated carbocycles. The van der Waals surface area contributed by atoms with E-state index in [2.05, 4.69) is 0 Å². The maximum absolute atomic E-state index is 13.0. The van der Waals surface area contributed by atoms with Crippen LogP contribution < -0.4 is 10.5 Å². The second kappa shape index (κ2) is 5.33. The maximum Gasteiger partial charge on any atom is 0.267 e. The van der Waals surface area contributed by atoms with E-state index in [0.29, 0.717) is 17.9 Å². The largest absolute Gasteiger partial charge is 0.507 e. The summed E-state index contributed by atoms with van der Waals surface area (Å²) in [5.41, 5.74) is 5.57. The maximum atomic E-state index is 13.0. The molecule has 1 aromatic rings. The van der Waals surface area contributed by atoms with Gasteiger partial charge < -0.3 is 15.6 Å². The number of phenols is 1. The Hall–Kier alpha value is -1.36. The van der Waals surface area contributed by atoms with E-state index in [4.69, 9.17) is 10.5 Å². The molecule has 1 aliphatic carbocycles. The number of rotatable bonds is 4. The molecule has 0 amide bonds. The Morgan fingerprint density at radius 2 is 2.00 bits per heavy atom. The van der Waals surface area contributed by atoms with Gasteiger partial charge in [-0.05, 0) is 25.0 Å². The number of hydrogen-bond donors (Lipinski definition) is 2. The molecule has 3 nitrogen and oxygen atoms in total. The Labute approximate surface area is 111 Å². The smallest absolute Gasteiger partial charge is 0.267 e. The lowest BCUT2D eigenvalue weighted by Gasteiger charge is -2.29. The molecule has 0 aromatic heterocycles. The van der Waals surface area contributed by atoms with E-state index in [0.717, 1.165) is 25.7 Å². The van der Waals surface area contributed by atoms with Crippen molar-refractivity contribution in [3.8, 4) is 11.5 Å². The highest BCUT2D eigenvalue weighted by molar-refractivity contribution is 5.51. The highest BCUT2D eigenvalue weighted by Crippen LogP contribution is 2.47. The summed E-state index contributed by atoms with van der Waals surface area (Å²) in [6.45, 7) is 0.344. The standard InChI is InChI=1S/C14H19F2NO2/c1-19-9-6-10(13(15)16)12(18)11(7-9)14(8-17)4-2-3-5-14/h6-7,13,18H,2-5,8,17H2,1H3. The van der Waals surface area contributed by atoms with Gasteiger partial charge in [-0.25, -0.2) is 8.78 Å². The van der Waals surface area contributed by atoms with E-state index in [1.807, 2.05) is 0 Å². The molecule has 19 heavy (non-hydrogen) atoms. The first kappa shape index (κ1) is 14.1. The van der Waals surface area contributed by atoms with Crippen LogP contribution in [0.3, 0.4) is 0 Å². The fraction of sp³-hybridized carbons (Fsp3) is 0.571. The lowest BCUT2D eigenvalue weighted by Crippen LogP contribution is -2.32. The van der Waals surface area contributed by atoms with Crippen LogP contribution in [-0.4, -0.2) is 18.8 Å². The van der Waals surface area contributed by atoms with Crippen molar-refractivity contribution < 1.29 is 18.6 Å². The van der Waals surface area contributed by atoms with Crippen molar-refractivity contribution in [2.45, 2.75) is 37.5 Å². The second-order valence-electron chi connectivity index (χ2n) is 5.11. The quantitative estimate of drug-likeness (QED) is 0.884. The van der Waals surface area contributed by atoms with E-state index in [1.165, 1.54) is 13.2 Å². The molecule has 5 heteroatoms. The summed E-state index contributed by atoms with van der Waals surface area (Å²) < 4.78 is 31.1. The zero-order valence-corrected chi connectivity index (χ0v) is 11.0. The number of benzene rings is 1. The molecule has 1 fully saturated rings. The van der Waals surface area contributed by atoms with Gasteiger partial charge in [0.15, 0.2) is 0 Å². The van der Waals surface area contributed by atoms with Crippen LogP contribution in [0.2, 0.25) is 0 Å². The number of ether oxygens (including phenoxy) is 1. The third kappa shape index (κ3) is 2.39. The minimum Gasteiger partial charge on any atom is -0.507 e. The van der Waals surface area contributed by atoms with Gasteiger partial charge in [-0.3, -0.25) is 0 Å². The van der Waals surface area contributed by atoms with Gasteiger partial charge in [-0.15, -0.1) is 0 Å². The highest BCUT2D eigenvalue weighted by atomic mass is 19.3. The van der Waals surface area contributed by atoms with Crippen molar-refractivity contribution in [3.63, 3.8) is 0 Å². The van der Waals surface area contributed by atoms with Crippen molar-refractivity contribution in [2.75, 3.05) is 13.7 Å². The summed E-state index contributed by atoms with van der Waals surface area (Å²) in [4.78, 5) is 0. The minimum absolute atomic E-state index is 0.330. The number of nitrogens with two attached hydrogens (primary N) is 1. The van der Waals surface area contributed by atoms with Crippen LogP contribution in [0, 0.1) is 0 Å². The zero-order chi connectivity index (χ0) is 14.0. The second-order valence-corrected chi connectivity index (χ2v) is 5.11. The Balaban J connectivity index is 2.58. The highest BCUT2D eigenvalue weighted by Gasteiger charge is 2.38. The third-order valence-electron chi connectivity index (χ3n) is 4.11. The molecular formula is C14H19F2NO2. The van der Waals surface area contributed by atoms with Crippen LogP contribution in [0.15, 0.2) is 12.1 Å². The van der Waals surface area contributed by atoms with Crippen molar-refractivity contribution in [1.82, 2.24) is 0 Å². The van der Waals surface area contributed by atoms with E-state index < -0.39 is 11.8 Å². The molecule has 106 valence electrons. The Morgan fingerprint density at radius 3 is 2.47 bits per heavy atom. The van der Waals surface area contributed by atoms with Gasteiger partial charge in [-0.2, -0.15) is 0 Å². The number of alkyl halides is 2. The van der Waals surface area contributed by atoms with Crippen LogP contribution in [-0.2, 0) is 5.41 Å². The van der Waals surface area contributed by atoms with Crippen LogP contribution in [0.25, 0.3) is 0 Å². The molecular weight excluding hydrogens is 252 g/mol.